The van der Waals surface area contributed by atoms with Crippen molar-refractivity contribution in [3.63, 3.8) is 0 Å². The fourth-order valence-corrected chi connectivity index (χ4v) is 4.32. The van der Waals surface area contributed by atoms with Gasteiger partial charge in [-0.1, -0.05) is 113 Å². The maximum absolute atomic E-state index is 12.5. The largest absolute Gasteiger partial charge is 0.480 e. The van der Waals surface area contributed by atoms with Crippen molar-refractivity contribution in [2.24, 2.45) is 0 Å². The van der Waals surface area contributed by atoms with E-state index in [-0.39, 0.29) is 30.9 Å². The van der Waals surface area contributed by atoms with Crippen molar-refractivity contribution in [3.8, 4) is 0 Å². The van der Waals surface area contributed by atoms with Crippen molar-refractivity contribution in [2.45, 2.75) is 142 Å². The van der Waals surface area contributed by atoms with E-state index in [0.717, 1.165) is 57.8 Å². The van der Waals surface area contributed by atoms with Gasteiger partial charge in [0, 0.05) is 12.8 Å². The van der Waals surface area contributed by atoms with Crippen LogP contribution in [0.1, 0.15) is 136 Å². The molecule has 0 saturated heterocycles. The SMILES string of the molecule is CC/C=C\C/C=C\C/C=C\C/C=C\C/C=C\C(CCCCC(=O)NCC(=O)O)OC(=O)CCCCCCC/C=C\CCCC. The maximum Gasteiger partial charge on any atom is 0.322 e. The summed E-state index contributed by atoms with van der Waals surface area (Å²) in [5, 5.41) is 11.1. The summed E-state index contributed by atoms with van der Waals surface area (Å²) in [5.41, 5.74) is 0. The van der Waals surface area contributed by atoms with E-state index in [1.165, 1.54) is 32.1 Å². The molecule has 0 fully saturated rings. The van der Waals surface area contributed by atoms with Crippen LogP contribution >= 0.6 is 0 Å². The molecule has 0 aromatic rings. The topological polar surface area (TPSA) is 92.7 Å². The quantitative estimate of drug-likeness (QED) is 0.0499. The lowest BCUT2D eigenvalue weighted by atomic mass is 10.1. The van der Waals surface area contributed by atoms with Crippen molar-refractivity contribution >= 4 is 17.8 Å². The number of carbonyl (C=O) groups is 3. The van der Waals surface area contributed by atoms with E-state index in [0.29, 0.717) is 25.7 Å². The van der Waals surface area contributed by atoms with E-state index in [9.17, 15) is 14.4 Å². The molecule has 2 N–H and O–H groups in total. The first-order chi connectivity index (χ1) is 21.5. The van der Waals surface area contributed by atoms with Crippen LogP contribution in [-0.4, -0.2) is 35.6 Å². The number of rotatable bonds is 29. The van der Waals surface area contributed by atoms with Crippen LogP contribution in [0.5, 0.6) is 0 Å². The van der Waals surface area contributed by atoms with Crippen molar-refractivity contribution in [2.75, 3.05) is 6.54 Å². The molecule has 6 nitrogen and oxygen atoms in total. The summed E-state index contributed by atoms with van der Waals surface area (Å²) in [6, 6.07) is 0. The number of carboxylic acids is 1. The van der Waals surface area contributed by atoms with E-state index in [2.05, 4.69) is 79.9 Å². The number of carbonyl (C=O) groups excluding carboxylic acids is 2. The zero-order chi connectivity index (χ0) is 32.4. The minimum Gasteiger partial charge on any atom is -0.480 e. The first-order valence-electron chi connectivity index (χ1n) is 17.1. The number of unbranched alkanes of at least 4 members (excludes halogenated alkanes) is 8. The number of amides is 1. The summed E-state index contributed by atoms with van der Waals surface area (Å²) in [4.78, 5) is 34.9. The molecule has 0 aliphatic rings. The number of aliphatic carboxylic acids is 1. The van der Waals surface area contributed by atoms with Crippen LogP contribution in [-0.2, 0) is 19.1 Å². The summed E-state index contributed by atoms with van der Waals surface area (Å²) in [6.07, 6.45) is 43.1. The molecule has 0 aromatic heterocycles. The molecule has 44 heavy (non-hydrogen) atoms. The number of hydrogen-bond donors (Lipinski definition) is 2. The summed E-state index contributed by atoms with van der Waals surface area (Å²) >= 11 is 0. The second-order valence-electron chi connectivity index (χ2n) is 11.0. The molecular weight excluding hydrogens is 550 g/mol. The van der Waals surface area contributed by atoms with Gasteiger partial charge in [-0.2, -0.15) is 0 Å². The van der Waals surface area contributed by atoms with Gasteiger partial charge in [-0.3, -0.25) is 14.4 Å². The second-order valence-corrected chi connectivity index (χ2v) is 11.0. The Balaban J connectivity index is 4.45. The van der Waals surface area contributed by atoms with E-state index >= 15 is 0 Å². The summed E-state index contributed by atoms with van der Waals surface area (Å²) in [7, 11) is 0. The molecule has 0 bridgehead atoms. The van der Waals surface area contributed by atoms with Gasteiger partial charge in [0.15, 0.2) is 0 Å². The van der Waals surface area contributed by atoms with Crippen LogP contribution in [0.2, 0.25) is 0 Å². The Hall–Kier alpha value is -3.15. The average molecular weight is 612 g/mol. The summed E-state index contributed by atoms with van der Waals surface area (Å²) in [6.45, 7) is 3.99. The molecule has 0 heterocycles. The number of hydrogen-bond acceptors (Lipinski definition) is 4. The predicted octanol–water partition coefficient (Wildman–Crippen LogP) is 9.89. The molecule has 1 amide bonds. The smallest absolute Gasteiger partial charge is 0.322 e. The molecule has 0 aliphatic heterocycles. The minimum absolute atomic E-state index is 0.172. The molecule has 0 rings (SSSR count). The van der Waals surface area contributed by atoms with E-state index in [1.54, 1.807) is 0 Å². The van der Waals surface area contributed by atoms with Gasteiger partial charge in [0.25, 0.3) is 0 Å². The number of ether oxygens (including phenoxy) is 1. The van der Waals surface area contributed by atoms with Crippen LogP contribution in [0.4, 0.5) is 0 Å². The molecule has 6 heteroatoms. The van der Waals surface area contributed by atoms with Gasteiger partial charge in [-0.15, -0.1) is 0 Å². The third-order valence-electron chi connectivity index (χ3n) is 6.85. The molecule has 1 unspecified atom stereocenters. The van der Waals surface area contributed by atoms with E-state index < -0.39 is 5.97 Å². The van der Waals surface area contributed by atoms with E-state index in [4.69, 9.17) is 9.84 Å². The molecule has 0 radical (unpaired) electrons. The number of esters is 1. The van der Waals surface area contributed by atoms with Crippen LogP contribution in [0.25, 0.3) is 0 Å². The highest BCUT2D eigenvalue weighted by Crippen LogP contribution is 2.13. The number of carboxylic acid groups (broad SMARTS) is 1. The highest BCUT2D eigenvalue weighted by atomic mass is 16.5. The van der Waals surface area contributed by atoms with Crippen molar-refractivity contribution < 1.29 is 24.2 Å². The summed E-state index contributed by atoms with van der Waals surface area (Å²) < 4.78 is 5.78. The van der Waals surface area contributed by atoms with Crippen LogP contribution in [0.3, 0.4) is 0 Å². The van der Waals surface area contributed by atoms with Gasteiger partial charge in [0.05, 0.1) is 0 Å². The number of allylic oxidation sites excluding steroid dienone is 11. The second kappa shape index (κ2) is 32.8. The first-order valence-corrected chi connectivity index (χ1v) is 17.1. The Morgan fingerprint density at radius 2 is 1.18 bits per heavy atom. The Kier molecular flexibility index (Phi) is 30.4. The molecule has 0 aliphatic carbocycles. The number of nitrogens with one attached hydrogen (secondary N) is 1. The highest BCUT2D eigenvalue weighted by molar-refractivity contribution is 5.80. The zero-order valence-corrected chi connectivity index (χ0v) is 27.7. The van der Waals surface area contributed by atoms with Crippen molar-refractivity contribution in [1.82, 2.24) is 5.32 Å². The summed E-state index contributed by atoms with van der Waals surface area (Å²) in [5.74, 6) is -1.50. The molecular formula is C38H61NO5. The van der Waals surface area contributed by atoms with Crippen LogP contribution < -0.4 is 5.32 Å². The third-order valence-corrected chi connectivity index (χ3v) is 6.85. The molecule has 0 saturated carbocycles. The maximum atomic E-state index is 12.5. The van der Waals surface area contributed by atoms with Gasteiger partial charge < -0.3 is 15.2 Å². The lowest BCUT2D eigenvalue weighted by Gasteiger charge is -2.14. The average Bonchev–Trinajstić information content (AvgIpc) is 3.00. The van der Waals surface area contributed by atoms with E-state index in [1.807, 2.05) is 12.2 Å². The lowest BCUT2D eigenvalue weighted by molar-refractivity contribution is -0.147. The molecule has 1 atom stereocenters. The van der Waals surface area contributed by atoms with Gasteiger partial charge >= 0.3 is 11.9 Å². The van der Waals surface area contributed by atoms with Crippen molar-refractivity contribution in [1.29, 1.82) is 0 Å². The molecule has 0 spiro atoms. The lowest BCUT2D eigenvalue weighted by Crippen LogP contribution is -2.28. The minimum atomic E-state index is -1.06. The van der Waals surface area contributed by atoms with Gasteiger partial charge in [0.2, 0.25) is 5.91 Å². The Morgan fingerprint density at radius 3 is 1.80 bits per heavy atom. The van der Waals surface area contributed by atoms with Gasteiger partial charge in [-0.25, -0.2) is 0 Å². The highest BCUT2D eigenvalue weighted by Gasteiger charge is 2.12. The Bertz CT molecular complexity index is 897. The van der Waals surface area contributed by atoms with Gasteiger partial charge in [-0.05, 0) is 83.1 Å². The zero-order valence-electron chi connectivity index (χ0n) is 27.7. The van der Waals surface area contributed by atoms with Crippen molar-refractivity contribution in [3.05, 3.63) is 72.9 Å². The molecule has 248 valence electrons. The van der Waals surface area contributed by atoms with Crippen LogP contribution in [0, 0.1) is 0 Å². The van der Waals surface area contributed by atoms with Crippen LogP contribution in [0.15, 0.2) is 72.9 Å². The third kappa shape index (κ3) is 31.8. The fourth-order valence-electron chi connectivity index (χ4n) is 4.32. The normalized spacial score (nSPS) is 13.0. The first kappa shape index (κ1) is 40.9. The fraction of sp³-hybridized carbons (Fsp3) is 0.605. The predicted molar refractivity (Wildman–Crippen MR) is 184 cm³/mol. The molecule has 0 aromatic carbocycles. The monoisotopic (exact) mass is 611 g/mol. The standard InChI is InChI=1S/C38H61NO5/c1-3-5-7-9-11-13-15-16-17-19-20-22-24-26-30-35(31-28-29-32-36(40)39-34-37(41)42)44-38(43)33-27-25-23-21-18-14-12-10-8-6-4-2/h5,7,10-13,16-17,20,22,26,30,35H,3-4,6,8-9,14-15,18-19,21,23-25,27-29,31-34H2,1-2H3,(H,39,40)(H,41,42)/b7-5-,12-10-,13-11-,17-16-,22-20-,30-26-. The van der Waals surface area contributed by atoms with Gasteiger partial charge in [0.1, 0.15) is 12.6 Å². The Morgan fingerprint density at radius 1 is 0.636 bits per heavy atom. The Labute approximate surface area is 268 Å².